The zero-order valence-electron chi connectivity index (χ0n) is 11.8. The van der Waals surface area contributed by atoms with E-state index in [9.17, 15) is 0 Å². The van der Waals surface area contributed by atoms with Crippen molar-refractivity contribution in [3.05, 3.63) is 23.9 Å². The lowest BCUT2D eigenvalue weighted by molar-refractivity contribution is -0.0277. The maximum Gasteiger partial charge on any atom is 0.128 e. The number of nitrogen functional groups attached to an aromatic ring is 1. The van der Waals surface area contributed by atoms with Crippen molar-refractivity contribution in [3.63, 3.8) is 0 Å². The van der Waals surface area contributed by atoms with Crippen molar-refractivity contribution in [2.45, 2.75) is 31.8 Å². The molecule has 106 valence electrons. The van der Waals surface area contributed by atoms with Gasteiger partial charge in [-0.15, -0.1) is 0 Å². The minimum absolute atomic E-state index is 0.124. The predicted molar refractivity (Wildman–Crippen MR) is 76.7 cm³/mol. The topological polar surface area (TPSA) is 77.4 Å². The average molecular weight is 264 g/mol. The Bertz CT molecular complexity index is 420. The van der Waals surface area contributed by atoms with E-state index in [-0.39, 0.29) is 11.6 Å². The van der Waals surface area contributed by atoms with Gasteiger partial charge in [0, 0.05) is 30.4 Å². The van der Waals surface area contributed by atoms with Crippen molar-refractivity contribution in [2.75, 3.05) is 32.0 Å². The molecule has 5 heteroatoms. The van der Waals surface area contributed by atoms with Gasteiger partial charge < -0.3 is 16.2 Å². The van der Waals surface area contributed by atoms with Gasteiger partial charge in [0.25, 0.3) is 0 Å². The fourth-order valence-electron chi connectivity index (χ4n) is 2.74. The third kappa shape index (κ3) is 2.73. The van der Waals surface area contributed by atoms with E-state index in [2.05, 4.69) is 23.7 Å². The van der Waals surface area contributed by atoms with Crippen LogP contribution >= 0.6 is 0 Å². The van der Waals surface area contributed by atoms with Crippen LogP contribution in [0.25, 0.3) is 0 Å². The molecule has 2 unspecified atom stereocenters. The lowest BCUT2D eigenvalue weighted by atomic mass is 9.83. The average Bonchev–Trinajstić information content (AvgIpc) is 2.47. The molecule has 2 atom stereocenters. The van der Waals surface area contributed by atoms with Gasteiger partial charge in [0.1, 0.15) is 5.82 Å². The molecule has 0 aliphatic carbocycles. The van der Waals surface area contributed by atoms with Crippen molar-refractivity contribution in [1.29, 1.82) is 0 Å². The van der Waals surface area contributed by atoms with E-state index >= 15 is 0 Å². The number of aromatic nitrogens is 1. The maximum absolute atomic E-state index is 6.51. The molecule has 0 radical (unpaired) electrons. The summed E-state index contributed by atoms with van der Waals surface area (Å²) >= 11 is 0. The van der Waals surface area contributed by atoms with Gasteiger partial charge in [-0.3, -0.25) is 4.90 Å². The first-order valence-corrected chi connectivity index (χ1v) is 6.88. The normalized spacial score (nSPS) is 21.8. The van der Waals surface area contributed by atoms with E-state index < -0.39 is 0 Å². The van der Waals surface area contributed by atoms with E-state index in [1.807, 2.05) is 12.1 Å². The number of morpholine rings is 1. The number of hydrogen-bond donors (Lipinski definition) is 2. The Morgan fingerprint density at radius 1 is 1.47 bits per heavy atom. The summed E-state index contributed by atoms with van der Waals surface area (Å²) in [6, 6.07) is 3.71. The molecular weight excluding hydrogens is 240 g/mol. The van der Waals surface area contributed by atoms with E-state index in [0.717, 1.165) is 38.3 Å². The molecule has 1 aliphatic heterocycles. The van der Waals surface area contributed by atoms with Gasteiger partial charge in [0.2, 0.25) is 0 Å². The molecule has 1 fully saturated rings. The summed E-state index contributed by atoms with van der Waals surface area (Å²) in [5, 5.41) is 0. The van der Waals surface area contributed by atoms with Crippen molar-refractivity contribution >= 4 is 5.82 Å². The van der Waals surface area contributed by atoms with E-state index in [1.54, 1.807) is 6.20 Å². The van der Waals surface area contributed by atoms with E-state index in [0.29, 0.717) is 5.82 Å². The van der Waals surface area contributed by atoms with Gasteiger partial charge in [-0.05, 0) is 19.4 Å². The van der Waals surface area contributed by atoms with Gasteiger partial charge in [-0.1, -0.05) is 13.0 Å². The Kier molecular flexibility index (Phi) is 4.39. The quantitative estimate of drug-likeness (QED) is 0.853. The largest absolute Gasteiger partial charge is 0.383 e. The molecule has 2 heterocycles. The van der Waals surface area contributed by atoms with Crippen molar-refractivity contribution in [1.82, 2.24) is 9.88 Å². The Hall–Kier alpha value is -1.17. The van der Waals surface area contributed by atoms with Crippen LogP contribution in [0.1, 0.15) is 31.9 Å². The Morgan fingerprint density at radius 2 is 2.16 bits per heavy atom. The third-order valence-electron chi connectivity index (χ3n) is 4.33. The van der Waals surface area contributed by atoms with Crippen LogP contribution in [0.15, 0.2) is 18.3 Å². The zero-order chi connectivity index (χ0) is 13.9. The summed E-state index contributed by atoms with van der Waals surface area (Å²) in [4.78, 5) is 6.56. The molecule has 1 aromatic rings. The smallest absolute Gasteiger partial charge is 0.128 e. The second kappa shape index (κ2) is 5.86. The molecule has 19 heavy (non-hydrogen) atoms. The van der Waals surface area contributed by atoms with Gasteiger partial charge in [-0.2, -0.15) is 0 Å². The first-order chi connectivity index (χ1) is 9.09. The molecule has 0 saturated carbocycles. The molecule has 0 aromatic carbocycles. The summed E-state index contributed by atoms with van der Waals surface area (Å²) in [7, 11) is 0. The van der Waals surface area contributed by atoms with Crippen LogP contribution in [0.3, 0.4) is 0 Å². The van der Waals surface area contributed by atoms with Crippen LogP contribution in [0, 0.1) is 0 Å². The number of hydrogen-bond acceptors (Lipinski definition) is 5. The summed E-state index contributed by atoms with van der Waals surface area (Å²) in [6.07, 6.45) is 2.66. The highest BCUT2D eigenvalue weighted by Gasteiger charge is 2.38. The Balaban J connectivity index is 2.27. The van der Waals surface area contributed by atoms with Gasteiger partial charge >= 0.3 is 0 Å². The van der Waals surface area contributed by atoms with Crippen molar-refractivity contribution < 1.29 is 4.74 Å². The molecule has 0 spiro atoms. The predicted octanol–water partition coefficient (Wildman–Crippen LogP) is 1.16. The highest BCUT2D eigenvalue weighted by molar-refractivity contribution is 5.42. The lowest BCUT2D eigenvalue weighted by Crippen LogP contribution is -2.56. The van der Waals surface area contributed by atoms with Crippen LogP contribution in [-0.4, -0.2) is 41.7 Å². The van der Waals surface area contributed by atoms with Gasteiger partial charge in [0.15, 0.2) is 0 Å². The summed E-state index contributed by atoms with van der Waals surface area (Å²) in [5.41, 5.74) is 13.3. The van der Waals surface area contributed by atoms with Crippen LogP contribution in [0.5, 0.6) is 0 Å². The summed E-state index contributed by atoms with van der Waals surface area (Å²) in [5.74, 6) is 0.530. The number of anilines is 1. The number of rotatable bonds is 4. The van der Waals surface area contributed by atoms with Crippen LogP contribution < -0.4 is 11.5 Å². The SMILES string of the molecule is CCC(C)(C(N)c1cccnc1N)N1CCOCC1. The van der Waals surface area contributed by atoms with Crippen LogP contribution in [0.4, 0.5) is 5.82 Å². The molecule has 2 rings (SSSR count). The van der Waals surface area contributed by atoms with Crippen molar-refractivity contribution in [3.8, 4) is 0 Å². The Labute approximate surface area is 114 Å². The van der Waals surface area contributed by atoms with Crippen molar-refractivity contribution in [2.24, 2.45) is 5.73 Å². The minimum atomic E-state index is -0.149. The van der Waals surface area contributed by atoms with Crippen LogP contribution in [-0.2, 0) is 4.74 Å². The fraction of sp³-hybridized carbons (Fsp3) is 0.643. The second-order valence-corrected chi connectivity index (χ2v) is 5.27. The first kappa shape index (κ1) is 14.2. The second-order valence-electron chi connectivity index (χ2n) is 5.27. The third-order valence-corrected chi connectivity index (χ3v) is 4.33. The first-order valence-electron chi connectivity index (χ1n) is 6.88. The number of ether oxygens (including phenoxy) is 1. The minimum Gasteiger partial charge on any atom is -0.383 e. The molecule has 4 N–H and O–H groups in total. The Morgan fingerprint density at radius 3 is 2.74 bits per heavy atom. The standard InChI is InChI=1S/C14H24N4O/c1-3-14(2,18-7-9-19-10-8-18)12(15)11-5-4-6-17-13(11)16/h4-6,12H,3,7-10,15H2,1-2H3,(H2,16,17). The van der Waals surface area contributed by atoms with Gasteiger partial charge in [0.05, 0.1) is 19.3 Å². The monoisotopic (exact) mass is 264 g/mol. The van der Waals surface area contributed by atoms with E-state index in [4.69, 9.17) is 16.2 Å². The van der Waals surface area contributed by atoms with E-state index in [1.165, 1.54) is 0 Å². The molecule has 0 bridgehead atoms. The molecule has 1 aliphatic rings. The number of nitrogens with zero attached hydrogens (tertiary/aromatic N) is 2. The maximum atomic E-state index is 6.51. The summed E-state index contributed by atoms with van der Waals surface area (Å²) in [6.45, 7) is 7.74. The molecule has 1 saturated heterocycles. The van der Waals surface area contributed by atoms with Gasteiger partial charge in [-0.25, -0.2) is 4.98 Å². The lowest BCUT2D eigenvalue weighted by Gasteiger charge is -2.46. The highest BCUT2D eigenvalue weighted by Crippen LogP contribution is 2.34. The highest BCUT2D eigenvalue weighted by atomic mass is 16.5. The summed E-state index contributed by atoms with van der Waals surface area (Å²) < 4.78 is 5.43. The van der Waals surface area contributed by atoms with Crippen LogP contribution in [0.2, 0.25) is 0 Å². The molecular formula is C14H24N4O. The molecule has 0 amide bonds. The molecule has 5 nitrogen and oxygen atoms in total. The fourth-order valence-corrected chi connectivity index (χ4v) is 2.74. The molecule has 1 aromatic heterocycles. The number of pyridine rings is 1. The zero-order valence-corrected chi connectivity index (χ0v) is 11.8. The number of nitrogens with two attached hydrogens (primary N) is 2.